The van der Waals surface area contributed by atoms with Gasteiger partial charge in [0, 0.05) is 6.20 Å². The van der Waals surface area contributed by atoms with Crippen LogP contribution in [0.5, 0.6) is 0 Å². The van der Waals surface area contributed by atoms with Crippen molar-refractivity contribution < 1.29 is 9.53 Å². The minimum absolute atomic E-state index is 0.205. The van der Waals surface area contributed by atoms with Gasteiger partial charge in [-0.2, -0.15) is 0 Å². The molecule has 1 rings (SSSR count). The zero-order valence-corrected chi connectivity index (χ0v) is 9.07. The fourth-order valence-electron chi connectivity index (χ4n) is 0.892. The second kappa shape index (κ2) is 3.82. The first-order valence-corrected chi connectivity index (χ1v) is 4.55. The molecule has 0 atom stereocenters. The third kappa shape index (κ3) is 2.87. The SMILES string of the molecule is Cc1cn(COC(=O)C(C)(C)C)cn1. The second-order valence-corrected chi connectivity index (χ2v) is 4.34. The Morgan fingerprint density at radius 2 is 2.21 bits per heavy atom. The summed E-state index contributed by atoms with van der Waals surface area (Å²) in [5.74, 6) is -0.205. The summed E-state index contributed by atoms with van der Waals surface area (Å²) >= 11 is 0. The Bertz CT molecular complexity index is 323. The molecule has 0 bridgehead atoms. The summed E-state index contributed by atoms with van der Waals surface area (Å²) < 4.78 is 6.82. The highest BCUT2D eigenvalue weighted by molar-refractivity contribution is 5.75. The maximum absolute atomic E-state index is 11.4. The summed E-state index contributed by atoms with van der Waals surface area (Å²) in [6.07, 6.45) is 3.47. The molecule has 0 unspecified atom stereocenters. The summed E-state index contributed by atoms with van der Waals surface area (Å²) in [7, 11) is 0. The van der Waals surface area contributed by atoms with Gasteiger partial charge in [0.1, 0.15) is 0 Å². The van der Waals surface area contributed by atoms with Gasteiger partial charge in [-0.3, -0.25) is 4.79 Å². The van der Waals surface area contributed by atoms with Gasteiger partial charge in [0.05, 0.1) is 17.4 Å². The Kier molecular flexibility index (Phi) is 2.93. The minimum Gasteiger partial charge on any atom is -0.443 e. The van der Waals surface area contributed by atoms with E-state index in [1.54, 1.807) is 10.9 Å². The van der Waals surface area contributed by atoms with Crippen molar-refractivity contribution in [3.8, 4) is 0 Å². The molecule has 14 heavy (non-hydrogen) atoms. The van der Waals surface area contributed by atoms with Gasteiger partial charge in [-0.05, 0) is 27.7 Å². The molecule has 1 aromatic rings. The Morgan fingerprint density at radius 1 is 1.57 bits per heavy atom. The van der Waals surface area contributed by atoms with Crippen LogP contribution in [0.15, 0.2) is 12.5 Å². The van der Waals surface area contributed by atoms with Crippen LogP contribution in [-0.4, -0.2) is 15.5 Å². The molecule has 4 heteroatoms. The van der Waals surface area contributed by atoms with E-state index in [9.17, 15) is 4.79 Å². The molecule has 0 radical (unpaired) electrons. The Hall–Kier alpha value is -1.32. The van der Waals surface area contributed by atoms with Crippen molar-refractivity contribution in [2.24, 2.45) is 5.41 Å². The largest absolute Gasteiger partial charge is 0.443 e. The van der Waals surface area contributed by atoms with E-state index >= 15 is 0 Å². The summed E-state index contributed by atoms with van der Waals surface area (Å²) in [5.41, 5.74) is 0.465. The Labute approximate surface area is 83.9 Å². The number of imidazole rings is 1. The average Bonchev–Trinajstić information content (AvgIpc) is 2.45. The lowest BCUT2D eigenvalue weighted by Crippen LogP contribution is -2.23. The number of esters is 1. The average molecular weight is 196 g/mol. The topological polar surface area (TPSA) is 44.1 Å². The summed E-state index contributed by atoms with van der Waals surface area (Å²) in [4.78, 5) is 15.4. The van der Waals surface area contributed by atoms with E-state index in [1.807, 2.05) is 33.9 Å². The lowest BCUT2D eigenvalue weighted by atomic mass is 9.98. The molecule has 0 aromatic carbocycles. The molecule has 0 fully saturated rings. The molecular formula is C10H16N2O2. The van der Waals surface area contributed by atoms with Crippen molar-refractivity contribution in [3.63, 3.8) is 0 Å². The lowest BCUT2D eigenvalue weighted by Gasteiger charge is -2.16. The Morgan fingerprint density at radius 3 is 2.64 bits per heavy atom. The molecule has 1 aromatic heterocycles. The molecule has 0 aliphatic carbocycles. The summed E-state index contributed by atoms with van der Waals surface area (Å²) in [6, 6.07) is 0. The molecule has 0 aliphatic rings. The number of aromatic nitrogens is 2. The molecule has 1 heterocycles. The molecule has 0 spiro atoms. The molecule has 0 amide bonds. The third-order valence-electron chi connectivity index (χ3n) is 1.72. The monoisotopic (exact) mass is 196 g/mol. The summed E-state index contributed by atoms with van der Waals surface area (Å²) in [6.45, 7) is 7.61. The van der Waals surface area contributed by atoms with Crippen LogP contribution in [0.2, 0.25) is 0 Å². The van der Waals surface area contributed by atoms with Crippen LogP contribution in [-0.2, 0) is 16.3 Å². The van der Waals surface area contributed by atoms with E-state index in [-0.39, 0.29) is 12.7 Å². The molecule has 0 saturated heterocycles. The number of carbonyl (C=O) groups is 1. The van der Waals surface area contributed by atoms with Crippen LogP contribution in [0.4, 0.5) is 0 Å². The van der Waals surface area contributed by atoms with Crippen molar-refractivity contribution in [2.45, 2.75) is 34.4 Å². The van der Waals surface area contributed by atoms with Crippen LogP contribution in [0, 0.1) is 12.3 Å². The van der Waals surface area contributed by atoms with E-state index in [0.29, 0.717) is 0 Å². The van der Waals surface area contributed by atoms with Gasteiger partial charge in [-0.15, -0.1) is 0 Å². The van der Waals surface area contributed by atoms with Gasteiger partial charge in [-0.1, -0.05) is 0 Å². The standard InChI is InChI=1S/C10H16N2O2/c1-8-5-12(6-11-8)7-14-9(13)10(2,3)4/h5-6H,7H2,1-4H3. The first-order valence-electron chi connectivity index (χ1n) is 4.55. The molecule has 0 saturated carbocycles. The van der Waals surface area contributed by atoms with Crippen molar-refractivity contribution in [2.75, 3.05) is 0 Å². The fraction of sp³-hybridized carbons (Fsp3) is 0.600. The van der Waals surface area contributed by atoms with Crippen LogP contribution >= 0.6 is 0 Å². The Balaban J connectivity index is 2.46. The zero-order chi connectivity index (χ0) is 10.8. The van der Waals surface area contributed by atoms with Crippen molar-refractivity contribution in [1.29, 1.82) is 0 Å². The first-order chi connectivity index (χ1) is 6.39. The second-order valence-electron chi connectivity index (χ2n) is 4.34. The number of carbonyl (C=O) groups excluding carboxylic acids is 1. The first kappa shape index (κ1) is 10.8. The van der Waals surface area contributed by atoms with Crippen molar-refractivity contribution >= 4 is 5.97 Å². The van der Waals surface area contributed by atoms with Crippen LogP contribution < -0.4 is 0 Å². The van der Waals surface area contributed by atoms with E-state index < -0.39 is 5.41 Å². The normalized spacial score (nSPS) is 11.4. The van der Waals surface area contributed by atoms with E-state index in [1.165, 1.54) is 0 Å². The molecular weight excluding hydrogens is 180 g/mol. The zero-order valence-electron chi connectivity index (χ0n) is 9.07. The van der Waals surface area contributed by atoms with Gasteiger partial charge in [0.2, 0.25) is 0 Å². The predicted octanol–water partition coefficient (Wildman–Crippen LogP) is 1.74. The van der Waals surface area contributed by atoms with Gasteiger partial charge < -0.3 is 9.30 Å². The van der Waals surface area contributed by atoms with E-state index in [0.717, 1.165) is 5.69 Å². The van der Waals surface area contributed by atoms with E-state index in [2.05, 4.69) is 4.98 Å². The predicted molar refractivity (Wildman–Crippen MR) is 52.5 cm³/mol. The highest BCUT2D eigenvalue weighted by Gasteiger charge is 2.22. The quantitative estimate of drug-likeness (QED) is 0.677. The lowest BCUT2D eigenvalue weighted by molar-refractivity contribution is -0.156. The number of hydrogen-bond donors (Lipinski definition) is 0. The van der Waals surface area contributed by atoms with Crippen molar-refractivity contribution in [1.82, 2.24) is 9.55 Å². The number of nitrogens with zero attached hydrogens (tertiary/aromatic N) is 2. The van der Waals surface area contributed by atoms with Gasteiger partial charge in [0.15, 0.2) is 6.73 Å². The number of aryl methyl sites for hydroxylation is 1. The molecule has 0 N–H and O–H groups in total. The number of hydrogen-bond acceptors (Lipinski definition) is 3. The van der Waals surface area contributed by atoms with E-state index in [4.69, 9.17) is 4.74 Å². The smallest absolute Gasteiger partial charge is 0.312 e. The van der Waals surface area contributed by atoms with Gasteiger partial charge >= 0.3 is 5.97 Å². The van der Waals surface area contributed by atoms with Gasteiger partial charge in [0.25, 0.3) is 0 Å². The molecule has 0 aliphatic heterocycles. The molecule has 78 valence electrons. The minimum atomic E-state index is -0.449. The fourth-order valence-corrected chi connectivity index (χ4v) is 0.892. The maximum Gasteiger partial charge on any atom is 0.312 e. The summed E-state index contributed by atoms with van der Waals surface area (Å²) in [5, 5.41) is 0. The van der Waals surface area contributed by atoms with Crippen molar-refractivity contribution in [3.05, 3.63) is 18.2 Å². The highest BCUT2D eigenvalue weighted by Crippen LogP contribution is 2.15. The van der Waals surface area contributed by atoms with Crippen LogP contribution in [0.1, 0.15) is 26.5 Å². The van der Waals surface area contributed by atoms with Crippen LogP contribution in [0.3, 0.4) is 0 Å². The maximum atomic E-state index is 11.4. The number of ether oxygens (including phenoxy) is 1. The third-order valence-corrected chi connectivity index (χ3v) is 1.72. The molecule has 4 nitrogen and oxygen atoms in total. The van der Waals surface area contributed by atoms with Gasteiger partial charge in [-0.25, -0.2) is 4.98 Å². The number of rotatable bonds is 2. The highest BCUT2D eigenvalue weighted by atomic mass is 16.5. The van der Waals surface area contributed by atoms with Crippen LogP contribution in [0.25, 0.3) is 0 Å².